The van der Waals surface area contributed by atoms with Crippen molar-refractivity contribution in [3.63, 3.8) is 0 Å². The molecule has 1 aromatic rings. The maximum atomic E-state index is 11.8. The molecule has 0 saturated carbocycles. The normalized spacial score (nSPS) is 14.3. The average Bonchev–Trinajstić information content (AvgIpc) is 3.09. The van der Waals surface area contributed by atoms with Gasteiger partial charge in [-0.25, -0.2) is 0 Å². The molecule has 0 saturated heterocycles. The number of hydrogen-bond donors (Lipinski definition) is 3. The zero-order chi connectivity index (χ0) is 18.8. The van der Waals surface area contributed by atoms with Crippen LogP contribution in [-0.4, -0.2) is 44.1 Å². The first-order valence-electron chi connectivity index (χ1n) is 9.68. The van der Waals surface area contributed by atoms with Crippen LogP contribution in [0.5, 0.6) is 5.75 Å². The molecule has 1 aliphatic heterocycles. The summed E-state index contributed by atoms with van der Waals surface area (Å²) in [5.74, 6) is 1.83. The molecule has 0 bridgehead atoms. The van der Waals surface area contributed by atoms with E-state index in [9.17, 15) is 4.79 Å². The SMILES string of the molecule is CCNC(=NCCC(=O)NC(C)CC)NCCc1ccc2c(c1)CCO2. The van der Waals surface area contributed by atoms with Gasteiger partial charge in [-0.1, -0.05) is 19.1 Å². The van der Waals surface area contributed by atoms with E-state index in [4.69, 9.17) is 4.74 Å². The second-order valence-corrected chi connectivity index (χ2v) is 6.60. The second-order valence-electron chi connectivity index (χ2n) is 6.60. The Hall–Kier alpha value is -2.24. The highest BCUT2D eigenvalue weighted by atomic mass is 16.5. The molecular formula is C20H32N4O2. The van der Waals surface area contributed by atoms with Crippen molar-refractivity contribution < 1.29 is 9.53 Å². The van der Waals surface area contributed by atoms with Gasteiger partial charge in [0.15, 0.2) is 5.96 Å². The van der Waals surface area contributed by atoms with Crippen molar-refractivity contribution in [2.75, 3.05) is 26.2 Å². The highest BCUT2D eigenvalue weighted by Crippen LogP contribution is 2.25. The third-order valence-corrected chi connectivity index (χ3v) is 4.43. The molecule has 144 valence electrons. The molecule has 1 aromatic carbocycles. The Morgan fingerprint density at radius 3 is 2.92 bits per heavy atom. The Kier molecular flexibility index (Phi) is 8.25. The van der Waals surface area contributed by atoms with Gasteiger partial charge in [0.25, 0.3) is 0 Å². The molecule has 1 amide bonds. The number of rotatable bonds is 9. The number of fused-ring (bicyclic) bond motifs is 1. The Bertz CT molecular complexity index is 616. The van der Waals surface area contributed by atoms with Crippen LogP contribution in [0.25, 0.3) is 0 Å². The van der Waals surface area contributed by atoms with Crippen LogP contribution in [0, 0.1) is 0 Å². The first-order valence-corrected chi connectivity index (χ1v) is 9.68. The van der Waals surface area contributed by atoms with Gasteiger partial charge in [-0.3, -0.25) is 9.79 Å². The molecule has 1 atom stereocenters. The minimum Gasteiger partial charge on any atom is -0.493 e. The lowest BCUT2D eigenvalue weighted by Crippen LogP contribution is -2.38. The average molecular weight is 361 g/mol. The maximum Gasteiger partial charge on any atom is 0.222 e. The lowest BCUT2D eigenvalue weighted by Gasteiger charge is -2.13. The number of nitrogens with zero attached hydrogens (tertiary/aromatic N) is 1. The highest BCUT2D eigenvalue weighted by Gasteiger charge is 2.11. The summed E-state index contributed by atoms with van der Waals surface area (Å²) in [5, 5.41) is 9.52. The summed E-state index contributed by atoms with van der Waals surface area (Å²) in [4.78, 5) is 16.3. The highest BCUT2D eigenvalue weighted by molar-refractivity contribution is 5.80. The molecule has 26 heavy (non-hydrogen) atoms. The predicted molar refractivity (Wildman–Crippen MR) is 106 cm³/mol. The summed E-state index contributed by atoms with van der Waals surface area (Å²) in [6.07, 6.45) is 3.27. The third kappa shape index (κ3) is 6.58. The van der Waals surface area contributed by atoms with Gasteiger partial charge in [0.1, 0.15) is 5.75 Å². The van der Waals surface area contributed by atoms with E-state index < -0.39 is 0 Å². The third-order valence-electron chi connectivity index (χ3n) is 4.43. The quantitative estimate of drug-likeness (QED) is 0.465. The molecular weight excluding hydrogens is 328 g/mol. The summed E-state index contributed by atoms with van der Waals surface area (Å²) in [5.41, 5.74) is 2.60. The molecule has 1 heterocycles. The van der Waals surface area contributed by atoms with Crippen LogP contribution in [0.2, 0.25) is 0 Å². The Labute approximate surface area is 156 Å². The van der Waals surface area contributed by atoms with Crippen LogP contribution in [0.15, 0.2) is 23.2 Å². The monoisotopic (exact) mass is 360 g/mol. The van der Waals surface area contributed by atoms with E-state index in [0.717, 1.165) is 50.7 Å². The maximum absolute atomic E-state index is 11.8. The van der Waals surface area contributed by atoms with Crippen LogP contribution in [0.3, 0.4) is 0 Å². The minimum absolute atomic E-state index is 0.0549. The number of aliphatic imine (C=N–C) groups is 1. The smallest absolute Gasteiger partial charge is 0.222 e. The van der Waals surface area contributed by atoms with Gasteiger partial charge in [-0.05, 0) is 43.9 Å². The molecule has 0 aliphatic carbocycles. The molecule has 2 rings (SSSR count). The lowest BCUT2D eigenvalue weighted by atomic mass is 10.1. The summed E-state index contributed by atoms with van der Waals surface area (Å²) in [6.45, 7) is 8.97. The lowest BCUT2D eigenvalue weighted by molar-refractivity contribution is -0.121. The van der Waals surface area contributed by atoms with Crippen LogP contribution in [0.1, 0.15) is 44.7 Å². The Morgan fingerprint density at radius 2 is 2.15 bits per heavy atom. The summed E-state index contributed by atoms with van der Waals surface area (Å²) in [6, 6.07) is 6.63. The fourth-order valence-corrected chi connectivity index (χ4v) is 2.78. The fourth-order valence-electron chi connectivity index (χ4n) is 2.78. The van der Waals surface area contributed by atoms with Gasteiger partial charge in [0, 0.05) is 32.0 Å². The number of hydrogen-bond acceptors (Lipinski definition) is 3. The second kappa shape index (κ2) is 10.7. The molecule has 0 radical (unpaired) electrons. The van der Waals surface area contributed by atoms with E-state index >= 15 is 0 Å². The van der Waals surface area contributed by atoms with E-state index in [1.54, 1.807) is 0 Å². The molecule has 1 unspecified atom stereocenters. The molecule has 6 nitrogen and oxygen atoms in total. The predicted octanol–water partition coefficient (Wildman–Crippen LogP) is 2.02. The fraction of sp³-hybridized carbons (Fsp3) is 0.600. The number of carbonyl (C=O) groups excluding carboxylic acids is 1. The van der Waals surface area contributed by atoms with E-state index in [-0.39, 0.29) is 11.9 Å². The number of ether oxygens (including phenoxy) is 1. The van der Waals surface area contributed by atoms with Gasteiger partial charge in [0.05, 0.1) is 13.2 Å². The number of amides is 1. The zero-order valence-electron chi connectivity index (χ0n) is 16.2. The van der Waals surface area contributed by atoms with Crippen LogP contribution in [-0.2, 0) is 17.6 Å². The van der Waals surface area contributed by atoms with Gasteiger partial charge >= 0.3 is 0 Å². The number of nitrogens with one attached hydrogen (secondary N) is 3. The van der Waals surface area contributed by atoms with Gasteiger partial charge in [0.2, 0.25) is 5.91 Å². The molecule has 6 heteroatoms. The van der Waals surface area contributed by atoms with E-state index in [1.807, 2.05) is 13.8 Å². The van der Waals surface area contributed by atoms with Crippen molar-refractivity contribution >= 4 is 11.9 Å². The van der Waals surface area contributed by atoms with Crippen molar-refractivity contribution in [1.29, 1.82) is 0 Å². The first kappa shape index (κ1) is 20.1. The van der Waals surface area contributed by atoms with Crippen LogP contribution >= 0.6 is 0 Å². The first-order chi connectivity index (χ1) is 12.6. The molecule has 0 fully saturated rings. The molecule has 0 aromatic heterocycles. The van der Waals surface area contributed by atoms with E-state index in [1.165, 1.54) is 11.1 Å². The number of benzene rings is 1. The summed E-state index contributed by atoms with van der Waals surface area (Å²) < 4.78 is 5.55. The molecule has 1 aliphatic rings. The van der Waals surface area contributed by atoms with Crippen molar-refractivity contribution in [1.82, 2.24) is 16.0 Å². The van der Waals surface area contributed by atoms with Crippen molar-refractivity contribution in [3.05, 3.63) is 29.3 Å². The van der Waals surface area contributed by atoms with Crippen LogP contribution < -0.4 is 20.7 Å². The zero-order valence-corrected chi connectivity index (χ0v) is 16.2. The Morgan fingerprint density at radius 1 is 1.31 bits per heavy atom. The van der Waals surface area contributed by atoms with E-state index in [2.05, 4.69) is 46.1 Å². The summed E-state index contributed by atoms with van der Waals surface area (Å²) >= 11 is 0. The number of guanidine groups is 1. The number of carbonyl (C=O) groups is 1. The molecule has 0 spiro atoms. The minimum atomic E-state index is 0.0549. The van der Waals surface area contributed by atoms with Crippen molar-refractivity contribution in [2.24, 2.45) is 4.99 Å². The standard InChI is InChI=1S/C20H32N4O2/c1-4-15(3)24-19(25)9-12-23-20(21-5-2)22-11-8-16-6-7-18-17(14-16)10-13-26-18/h6-7,14-15H,4-5,8-13H2,1-3H3,(H,24,25)(H2,21,22,23). The van der Waals surface area contributed by atoms with Gasteiger partial charge in [-0.15, -0.1) is 0 Å². The van der Waals surface area contributed by atoms with E-state index in [0.29, 0.717) is 13.0 Å². The topological polar surface area (TPSA) is 74.8 Å². The Balaban J connectivity index is 1.75. The van der Waals surface area contributed by atoms with Gasteiger partial charge in [-0.2, -0.15) is 0 Å². The van der Waals surface area contributed by atoms with Crippen molar-refractivity contribution in [3.8, 4) is 5.75 Å². The van der Waals surface area contributed by atoms with Gasteiger partial charge < -0.3 is 20.7 Å². The largest absolute Gasteiger partial charge is 0.493 e. The summed E-state index contributed by atoms with van der Waals surface area (Å²) in [7, 11) is 0. The van der Waals surface area contributed by atoms with Crippen LogP contribution in [0.4, 0.5) is 0 Å². The molecule has 3 N–H and O–H groups in total. The van der Waals surface area contributed by atoms with Crippen molar-refractivity contribution in [2.45, 2.75) is 52.5 Å².